The summed E-state index contributed by atoms with van der Waals surface area (Å²) in [4.78, 5) is 29.5. The molecule has 0 radical (unpaired) electrons. The molecule has 1 aromatic carbocycles. The summed E-state index contributed by atoms with van der Waals surface area (Å²) < 4.78 is 31.0. The Balaban J connectivity index is 1.59. The standard InChI is InChI=1S/C20H16F2N4O2S/c21-13-7-11(8-14(22)9-13)10-24-20(28)18-17(25-19(27)12-4-5-12)16(26-29-18)15-3-1-2-6-23-15/h1-3,6-9,12H,4-5,10H2,(H,24,28)(H,25,27). The van der Waals surface area contributed by atoms with Crippen LogP contribution in [-0.2, 0) is 11.3 Å². The molecule has 2 amide bonds. The Bertz CT molecular complexity index is 1050. The number of hydrogen-bond acceptors (Lipinski definition) is 5. The van der Waals surface area contributed by atoms with Crippen LogP contribution in [0.5, 0.6) is 0 Å². The molecule has 9 heteroatoms. The molecule has 1 aliphatic carbocycles. The van der Waals surface area contributed by atoms with Crippen molar-refractivity contribution in [2.24, 2.45) is 5.92 Å². The molecule has 2 heterocycles. The molecule has 29 heavy (non-hydrogen) atoms. The van der Waals surface area contributed by atoms with Crippen LogP contribution in [0.25, 0.3) is 11.4 Å². The van der Waals surface area contributed by atoms with Crippen LogP contribution >= 0.6 is 11.5 Å². The van der Waals surface area contributed by atoms with Gasteiger partial charge in [-0.1, -0.05) is 6.07 Å². The Labute approximate surface area is 169 Å². The predicted octanol–water partition coefficient (Wildman–Crippen LogP) is 3.76. The van der Waals surface area contributed by atoms with Gasteiger partial charge in [-0.05, 0) is 54.2 Å². The molecule has 0 unspecified atom stereocenters. The van der Waals surface area contributed by atoms with Crippen LogP contribution in [0.1, 0.15) is 28.1 Å². The second kappa shape index (κ2) is 8.04. The van der Waals surface area contributed by atoms with Crippen LogP contribution in [0, 0.1) is 17.6 Å². The van der Waals surface area contributed by atoms with Crippen molar-refractivity contribution in [3.8, 4) is 11.4 Å². The zero-order valence-corrected chi connectivity index (χ0v) is 15.9. The number of hydrogen-bond donors (Lipinski definition) is 2. The normalized spacial score (nSPS) is 13.2. The molecule has 0 spiro atoms. The van der Waals surface area contributed by atoms with Gasteiger partial charge in [0.2, 0.25) is 5.91 Å². The van der Waals surface area contributed by atoms with E-state index in [0.717, 1.165) is 42.6 Å². The second-order valence-electron chi connectivity index (χ2n) is 6.67. The molecule has 1 saturated carbocycles. The summed E-state index contributed by atoms with van der Waals surface area (Å²) in [6.07, 6.45) is 3.23. The summed E-state index contributed by atoms with van der Waals surface area (Å²) >= 11 is 0.930. The minimum absolute atomic E-state index is 0.0577. The number of halogens is 2. The van der Waals surface area contributed by atoms with Gasteiger partial charge >= 0.3 is 0 Å². The van der Waals surface area contributed by atoms with Gasteiger partial charge in [0.15, 0.2) is 0 Å². The first kappa shape index (κ1) is 19.1. The van der Waals surface area contributed by atoms with Crippen LogP contribution in [0.2, 0.25) is 0 Å². The number of carbonyl (C=O) groups is 2. The Morgan fingerprint density at radius 3 is 2.55 bits per heavy atom. The minimum atomic E-state index is -0.720. The summed E-state index contributed by atoms with van der Waals surface area (Å²) in [6.45, 7) is -0.0691. The van der Waals surface area contributed by atoms with E-state index in [-0.39, 0.29) is 28.8 Å². The maximum absolute atomic E-state index is 13.3. The van der Waals surface area contributed by atoms with Gasteiger partial charge in [-0.2, -0.15) is 4.37 Å². The quantitative estimate of drug-likeness (QED) is 0.643. The van der Waals surface area contributed by atoms with E-state index in [4.69, 9.17) is 0 Å². The van der Waals surface area contributed by atoms with Gasteiger partial charge in [0.05, 0.1) is 11.4 Å². The molecule has 0 aliphatic heterocycles. The first-order chi connectivity index (χ1) is 14.0. The van der Waals surface area contributed by atoms with E-state index in [0.29, 0.717) is 17.1 Å². The lowest BCUT2D eigenvalue weighted by Gasteiger charge is -2.09. The molecule has 6 nitrogen and oxygen atoms in total. The summed E-state index contributed by atoms with van der Waals surface area (Å²) in [6, 6.07) is 8.32. The Kier molecular flexibility index (Phi) is 5.30. The first-order valence-corrected chi connectivity index (χ1v) is 9.73. The second-order valence-corrected chi connectivity index (χ2v) is 7.45. The molecule has 0 saturated heterocycles. The monoisotopic (exact) mass is 414 g/mol. The average molecular weight is 414 g/mol. The molecule has 1 aliphatic rings. The lowest BCUT2D eigenvalue weighted by molar-refractivity contribution is -0.117. The third kappa shape index (κ3) is 4.45. The van der Waals surface area contributed by atoms with Crippen molar-refractivity contribution in [2.75, 3.05) is 5.32 Å². The van der Waals surface area contributed by atoms with Crippen molar-refractivity contribution in [3.63, 3.8) is 0 Å². The summed E-state index contributed by atoms with van der Waals surface area (Å²) in [5, 5.41) is 5.42. The van der Waals surface area contributed by atoms with Gasteiger partial charge in [0.1, 0.15) is 22.2 Å². The highest BCUT2D eigenvalue weighted by molar-refractivity contribution is 7.09. The predicted molar refractivity (Wildman–Crippen MR) is 104 cm³/mol. The molecule has 3 aromatic rings. The van der Waals surface area contributed by atoms with Crippen molar-refractivity contribution in [2.45, 2.75) is 19.4 Å². The van der Waals surface area contributed by atoms with E-state index in [1.165, 1.54) is 0 Å². The fourth-order valence-electron chi connectivity index (χ4n) is 2.79. The summed E-state index contributed by atoms with van der Waals surface area (Å²) in [5.74, 6) is -2.16. The molecule has 0 atom stereocenters. The number of nitrogens with zero attached hydrogens (tertiary/aromatic N) is 2. The third-order valence-electron chi connectivity index (χ3n) is 4.38. The van der Waals surface area contributed by atoms with Crippen LogP contribution in [0.3, 0.4) is 0 Å². The topological polar surface area (TPSA) is 84.0 Å². The van der Waals surface area contributed by atoms with E-state index in [2.05, 4.69) is 20.0 Å². The van der Waals surface area contributed by atoms with Crippen molar-refractivity contribution in [1.82, 2.24) is 14.7 Å². The van der Waals surface area contributed by atoms with Gasteiger partial charge in [-0.3, -0.25) is 14.6 Å². The number of carbonyl (C=O) groups excluding carboxylic acids is 2. The van der Waals surface area contributed by atoms with Gasteiger partial charge in [0.25, 0.3) is 5.91 Å². The lowest BCUT2D eigenvalue weighted by Crippen LogP contribution is -2.24. The molecule has 2 aromatic heterocycles. The highest BCUT2D eigenvalue weighted by Crippen LogP contribution is 2.35. The zero-order chi connectivity index (χ0) is 20.4. The highest BCUT2D eigenvalue weighted by Gasteiger charge is 2.32. The van der Waals surface area contributed by atoms with Crippen molar-refractivity contribution < 1.29 is 18.4 Å². The van der Waals surface area contributed by atoms with Gasteiger partial charge < -0.3 is 10.6 Å². The Morgan fingerprint density at radius 1 is 1.14 bits per heavy atom. The molecular formula is C20H16F2N4O2S. The molecule has 2 N–H and O–H groups in total. The first-order valence-electron chi connectivity index (χ1n) is 8.96. The molecule has 4 rings (SSSR count). The SMILES string of the molecule is O=C(NCc1cc(F)cc(F)c1)c1snc(-c2ccccn2)c1NC(=O)C1CC1. The number of pyridine rings is 1. The molecule has 148 valence electrons. The molecular weight excluding hydrogens is 398 g/mol. The number of nitrogens with one attached hydrogen (secondary N) is 2. The van der Waals surface area contributed by atoms with Gasteiger partial charge in [-0.25, -0.2) is 8.78 Å². The van der Waals surface area contributed by atoms with Crippen LogP contribution in [0.15, 0.2) is 42.6 Å². The van der Waals surface area contributed by atoms with Crippen LogP contribution in [0.4, 0.5) is 14.5 Å². The van der Waals surface area contributed by atoms with E-state index in [9.17, 15) is 18.4 Å². The minimum Gasteiger partial charge on any atom is -0.347 e. The van der Waals surface area contributed by atoms with Crippen LogP contribution < -0.4 is 10.6 Å². The van der Waals surface area contributed by atoms with Crippen molar-refractivity contribution in [3.05, 3.63) is 64.7 Å². The van der Waals surface area contributed by atoms with E-state index in [1.54, 1.807) is 24.4 Å². The van der Waals surface area contributed by atoms with E-state index in [1.807, 2.05) is 0 Å². The number of rotatable bonds is 6. The number of amides is 2. The van der Waals surface area contributed by atoms with Crippen molar-refractivity contribution >= 4 is 29.0 Å². The summed E-state index contributed by atoms with van der Waals surface area (Å²) in [7, 11) is 0. The summed E-state index contributed by atoms with van der Waals surface area (Å²) in [5.41, 5.74) is 1.52. The maximum atomic E-state index is 13.3. The fourth-order valence-corrected chi connectivity index (χ4v) is 3.55. The average Bonchev–Trinajstić information content (AvgIpc) is 3.47. The van der Waals surface area contributed by atoms with Gasteiger partial charge in [0, 0.05) is 24.7 Å². The van der Waals surface area contributed by atoms with Gasteiger partial charge in [-0.15, -0.1) is 0 Å². The third-order valence-corrected chi connectivity index (χ3v) is 5.22. The number of benzene rings is 1. The largest absolute Gasteiger partial charge is 0.347 e. The maximum Gasteiger partial charge on any atom is 0.265 e. The lowest BCUT2D eigenvalue weighted by atomic mass is 10.2. The Morgan fingerprint density at radius 2 is 1.90 bits per heavy atom. The number of aromatic nitrogens is 2. The van der Waals surface area contributed by atoms with E-state index < -0.39 is 17.5 Å². The zero-order valence-electron chi connectivity index (χ0n) is 15.1. The highest BCUT2D eigenvalue weighted by atomic mass is 32.1. The van der Waals surface area contributed by atoms with E-state index >= 15 is 0 Å². The Hall–Kier alpha value is -3.20. The molecule has 1 fully saturated rings. The smallest absolute Gasteiger partial charge is 0.265 e. The fraction of sp³-hybridized carbons (Fsp3) is 0.200. The number of anilines is 1. The van der Waals surface area contributed by atoms with Crippen molar-refractivity contribution in [1.29, 1.82) is 0 Å². The molecule has 0 bridgehead atoms. The van der Waals surface area contributed by atoms with Crippen LogP contribution in [-0.4, -0.2) is 21.2 Å².